The second kappa shape index (κ2) is 3.92. The van der Waals surface area contributed by atoms with E-state index in [1.54, 1.807) is 0 Å². The Labute approximate surface area is 92.9 Å². The Balaban J connectivity index is 2.24. The number of rotatable bonds is 2. The molecule has 16 heavy (non-hydrogen) atoms. The van der Waals surface area contributed by atoms with Gasteiger partial charge in [0.15, 0.2) is 0 Å². The third-order valence-electron chi connectivity index (χ3n) is 3.04. The molecule has 1 fully saturated rings. The summed E-state index contributed by atoms with van der Waals surface area (Å²) in [5, 5.41) is 19.1. The predicted molar refractivity (Wildman–Crippen MR) is 56.0 cm³/mol. The molecule has 1 saturated carbocycles. The number of hydrogen-bond acceptors (Lipinski definition) is 4. The van der Waals surface area contributed by atoms with Crippen LogP contribution in [0.3, 0.4) is 0 Å². The number of nitrogens with two attached hydrogens (primary N) is 1. The molecule has 1 heterocycles. The highest BCUT2D eigenvalue weighted by molar-refractivity contribution is 5.84. The molecule has 1 aliphatic rings. The molecule has 5 nitrogen and oxygen atoms in total. The van der Waals surface area contributed by atoms with Crippen molar-refractivity contribution >= 4 is 5.97 Å². The zero-order valence-corrected chi connectivity index (χ0v) is 8.85. The van der Waals surface area contributed by atoms with Crippen molar-refractivity contribution in [3.63, 3.8) is 0 Å². The second-order valence-corrected chi connectivity index (χ2v) is 4.36. The molecule has 88 valence electrons. The van der Waals surface area contributed by atoms with Crippen LogP contribution in [-0.4, -0.2) is 22.2 Å². The molecule has 4 N–H and O–H groups in total. The summed E-state index contributed by atoms with van der Waals surface area (Å²) >= 11 is 0. The van der Waals surface area contributed by atoms with Gasteiger partial charge in [-0.2, -0.15) is 0 Å². The van der Waals surface area contributed by atoms with Gasteiger partial charge in [-0.15, -0.1) is 0 Å². The lowest BCUT2D eigenvalue weighted by Crippen LogP contribution is -2.38. The SMILES string of the molecule is NC1CCCC(O)(c2ccc(C(=O)O)o2)C1. The van der Waals surface area contributed by atoms with E-state index in [1.807, 2.05) is 0 Å². The minimum Gasteiger partial charge on any atom is -0.475 e. The van der Waals surface area contributed by atoms with Crippen LogP contribution in [-0.2, 0) is 5.60 Å². The minimum atomic E-state index is -1.13. The maximum atomic E-state index is 10.7. The first-order valence-corrected chi connectivity index (χ1v) is 5.33. The number of carboxylic acids is 1. The summed E-state index contributed by atoms with van der Waals surface area (Å²) in [5.74, 6) is -0.974. The summed E-state index contributed by atoms with van der Waals surface area (Å²) in [6, 6.07) is 2.81. The molecule has 0 saturated heterocycles. The minimum absolute atomic E-state index is 0.0582. The first-order chi connectivity index (χ1) is 7.51. The van der Waals surface area contributed by atoms with Crippen molar-refractivity contribution < 1.29 is 19.4 Å². The van der Waals surface area contributed by atoms with Crippen LogP contribution < -0.4 is 5.73 Å². The summed E-state index contributed by atoms with van der Waals surface area (Å²) in [6.45, 7) is 0. The van der Waals surface area contributed by atoms with E-state index >= 15 is 0 Å². The van der Waals surface area contributed by atoms with Gasteiger partial charge in [0.1, 0.15) is 11.4 Å². The van der Waals surface area contributed by atoms with Crippen molar-refractivity contribution in [1.82, 2.24) is 0 Å². The summed E-state index contributed by atoms with van der Waals surface area (Å²) in [4.78, 5) is 10.7. The van der Waals surface area contributed by atoms with Crippen LogP contribution in [0.2, 0.25) is 0 Å². The average Bonchev–Trinajstić information content (AvgIpc) is 2.66. The van der Waals surface area contributed by atoms with Crippen LogP contribution in [0.1, 0.15) is 42.0 Å². The molecule has 1 aromatic heterocycles. The highest BCUT2D eigenvalue weighted by Gasteiger charge is 2.37. The highest BCUT2D eigenvalue weighted by atomic mass is 16.4. The third kappa shape index (κ3) is 1.96. The van der Waals surface area contributed by atoms with Gasteiger partial charge >= 0.3 is 5.97 Å². The first-order valence-electron chi connectivity index (χ1n) is 5.33. The van der Waals surface area contributed by atoms with Crippen molar-refractivity contribution in [3.8, 4) is 0 Å². The van der Waals surface area contributed by atoms with Gasteiger partial charge in [-0.3, -0.25) is 0 Å². The Kier molecular flexibility index (Phi) is 2.73. The molecule has 0 aromatic carbocycles. The molecule has 2 atom stereocenters. The van der Waals surface area contributed by atoms with E-state index in [-0.39, 0.29) is 11.8 Å². The smallest absolute Gasteiger partial charge is 0.371 e. The van der Waals surface area contributed by atoms with E-state index in [1.165, 1.54) is 12.1 Å². The average molecular weight is 225 g/mol. The molecule has 0 spiro atoms. The van der Waals surface area contributed by atoms with E-state index in [4.69, 9.17) is 15.3 Å². The highest BCUT2D eigenvalue weighted by Crippen LogP contribution is 2.37. The maximum Gasteiger partial charge on any atom is 0.371 e. The zero-order chi connectivity index (χ0) is 11.8. The number of hydrogen-bond donors (Lipinski definition) is 3. The zero-order valence-electron chi connectivity index (χ0n) is 8.85. The fourth-order valence-electron chi connectivity index (χ4n) is 2.22. The molecule has 1 aliphatic carbocycles. The van der Waals surface area contributed by atoms with Gasteiger partial charge in [-0.25, -0.2) is 4.79 Å². The van der Waals surface area contributed by atoms with Crippen LogP contribution in [0.25, 0.3) is 0 Å². The van der Waals surface area contributed by atoms with E-state index in [2.05, 4.69) is 0 Å². The molecule has 0 bridgehead atoms. The monoisotopic (exact) mass is 225 g/mol. The lowest BCUT2D eigenvalue weighted by Gasteiger charge is -2.33. The Morgan fingerprint density at radius 2 is 2.31 bits per heavy atom. The largest absolute Gasteiger partial charge is 0.475 e. The Bertz CT molecular complexity index is 400. The predicted octanol–water partition coefficient (Wildman–Crippen LogP) is 1.07. The quantitative estimate of drug-likeness (QED) is 0.699. The van der Waals surface area contributed by atoms with Gasteiger partial charge < -0.3 is 20.4 Å². The number of carboxylic acid groups (broad SMARTS) is 1. The lowest BCUT2D eigenvalue weighted by molar-refractivity contribution is -0.0265. The molecule has 0 aliphatic heterocycles. The molecule has 2 unspecified atom stereocenters. The van der Waals surface area contributed by atoms with Gasteiger partial charge in [0.2, 0.25) is 5.76 Å². The van der Waals surface area contributed by atoms with E-state index in [9.17, 15) is 9.90 Å². The first kappa shape index (κ1) is 11.2. The van der Waals surface area contributed by atoms with E-state index in [0.717, 1.165) is 12.8 Å². The molecular weight excluding hydrogens is 210 g/mol. The van der Waals surface area contributed by atoms with E-state index in [0.29, 0.717) is 18.6 Å². The molecular formula is C11H15NO4. The van der Waals surface area contributed by atoms with Crippen molar-refractivity contribution in [1.29, 1.82) is 0 Å². The molecule has 2 rings (SSSR count). The Hall–Kier alpha value is -1.33. The van der Waals surface area contributed by atoms with Crippen LogP contribution >= 0.6 is 0 Å². The maximum absolute atomic E-state index is 10.7. The normalized spacial score (nSPS) is 30.2. The number of carbonyl (C=O) groups is 1. The van der Waals surface area contributed by atoms with Crippen LogP contribution in [0.4, 0.5) is 0 Å². The number of aromatic carboxylic acids is 1. The van der Waals surface area contributed by atoms with Gasteiger partial charge in [0.25, 0.3) is 0 Å². The van der Waals surface area contributed by atoms with Crippen LogP contribution in [0.5, 0.6) is 0 Å². The standard InChI is InChI=1S/C11H15NO4/c12-7-2-1-5-11(15,6-7)9-4-3-8(16-9)10(13)14/h3-4,7,15H,1-2,5-6,12H2,(H,13,14). The summed E-state index contributed by atoms with van der Waals surface area (Å²) in [7, 11) is 0. The fourth-order valence-corrected chi connectivity index (χ4v) is 2.22. The van der Waals surface area contributed by atoms with Crippen molar-refractivity contribution in [2.45, 2.75) is 37.3 Å². The Morgan fingerprint density at radius 1 is 1.56 bits per heavy atom. The van der Waals surface area contributed by atoms with Gasteiger partial charge in [0, 0.05) is 6.04 Å². The van der Waals surface area contributed by atoms with Crippen molar-refractivity contribution in [2.75, 3.05) is 0 Å². The van der Waals surface area contributed by atoms with Crippen molar-refractivity contribution in [2.24, 2.45) is 5.73 Å². The fraction of sp³-hybridized carbons (Fsp3) is 0.545. The molecule has 1 aromatic rings. The van der Waals surface area contributed by atoms with Crippen LogP contribution in [0, 0.1) is 0 Å². The Morgan fingerprint density at radius 3 is 2.88 bits per heavy atom. The molecule has 0 radical (unpaired) electrons. The van der Waals surface area contributed by atoms with Crippen LogP contribution in [0.15, 0.2) is 16.5 Å². The third-order valence-corrected chi connectivity index (χ3v) is 3.04. The van der Waals surface area contributed by atoms with Gasteiger partial charge in [0.05, 0.1) is 0 Å². The molecule has 0 amide bonds. The van der Waals surface area contributed by atoms with Crippen molar-refractivity contribution in [3.05, 3.63) is 23.7 Å². The summed E-state index contributed by atoms with van der Waals surface area (Å²) < 4.78 is 5.13. The number of aliphatic hydroxyl groups is 1. The van der Waals surface area contributed by atoms with Gasteiger partial charge in [-0.05, 0) is 37.8 Å². The summed E-state index contributed by atoms with van der Waals surface area (Å²) in [5.41, 5.74) is 4.69. The van der Waals surface area contributed by atoms with Gasteiger partial charge in [-0.1, -0.05) is 0 Å². The van der Waals surface area contributed by atoms with E-state index < -0.39 is 11.6 Å². The second-order valence-electron chi connectivity index (χ2n) is 4.36. The summed E-state index contributed by atoms with van der Waals surface area (Å²) in [6.07, 6.45) is 2.68. The molecule has 5 heteroatoms. The number of furan rings is 1. The topological polar surface area (TPSA) is 96.7 Å². The lowest BCUT2D eigenvalue weighted by atomic mass is 9.80.